The van der Waals surface area contributed by atoms with Gasteiger partial charge in [0.25, 0.3) is 0 Å². The topological polar surface area (TPSA) is 70.7 Å². The van der Waals surface area contributed by atoms with Gasteiger partial charge in [-0.1, -0.05) is 41.2 Å². The van der Waals surface area contributed by atoms with Crippen molar-refractivity contribution in [3.8, 4) is 5.88 Å². The zero-order valence-corrected chi connectivity index (χ0v) is 15.1. The summed E-state index contributed by atoms with van der Waals surface area (Å²) in [6.07, 6.45) is 1.12. The number of piperidine rings is 1. The first-order valence-corrected chi connectivity index (χ1v) is 9.22. The van der Waals surface area contributed by atoms with Crippen LogP contribution in [0, 0.1) is 13.8 Å². The Morgan fingerprint density at radius 2 is 2.00 bits per heavy atom. The van der Waals surface area contributed by atoms with Gasteiger partial charge in [0, 0.05) is 25.9 Å². The monoisotopic (exact) mass is 356 g/mol. The van der Waals surface area contributed by atoms with Crippen LogP contribution in [0.25, 0.3) is 4.96 Å². The van der Waals surface area contributed by atoms with Crippen molar-refractivity contribution in [3.63, 3.8) is 0 Å². The maximum absolute atomic E-state index is 11.7. The molecule has 130 valence electrons. The van der Waals surface area contributed by atoms with E-state index in [1.54, 1.807) is 0 Å². The molecular weight excluding hydrogens is 336 g/mol. The average molecular weight is 356 g/mol. The number of hydrogen-bond donors (Lipinski definition) is 1. The van der Waals surface area contributed by atoms with Gasteiger partial charge in [0.2, 0.25) is 10.8 Å². The Hall–Kier alpha value is -2.25. The summed E-state index contributed by atoms with van der Waals surface area (Å²) in [6.45, 7) is 5.27. The number of aryl methyl sites for hydroxylation is 2. The number of nitrogens with zero attached hydrogens (tertiary/aromatic N) is 4. The third-order valence-corrected chi connectivity index (χ3v) is 5.71. The van der Waals surface area contributed by atoms with E-state index in [0.717, 1.165) is 10.4 Å². The highest BCUT2D eigenvalue weighted by Crippen LogP contribution is 2.40. The summed E-state index contributed by atoms with van der Waals surface area (Å²) in [4.78, 5) is 19.8. The summed E-state index contributed by atoms with van der Waals surface area (Å²) in [5.74, 6) is 1.09. The normalized spacial score (nSPS) is 17.3. The Labute approximate surface area is 149 Å². The summed E-state index contributed by atoms with van der Waals surface area (Å²) in [6, 6.07) is 8.22. The van der Waals surface area contributed by atoms with Gasteiger partial charge in [-0.05, 0) is 19.4 Å². The molecule has 4 rings (SSSR count). The molecule has 1 aromatic carbocycles. The summed E-state index contributed by atoms with van der Waals surface area (Å²) in [5.41, 5.74) is 2.29. The highest BCUT2D eigenvalue weighted by atomic mass is 32.1. The first kappa shape index (κ1) is 16.2. The van der Waals surface area contributed by atoms with E-state index in [9.17, 15) is 9.90 Å². The molecule has 0 amide bonds. The lowest BCUT2D eigenvalue weighted by atomic mass is 9.98. The summed E-state index contributed by atoms with van der Waals surface area (Å²) >= 11 is 1.46. The largest absolute Gasteiger partial charge is 0.492 e. The van der Waals surface area contributed by atoms with Crippen LogP contribution in [-0.4, -0.2) is 43.5 Å². The molecule has 0 saturated carbocycles. The van der Waals surface area contributed by atoms with Gasteiger partial charge in [0.15, 0.2) is 0 Å². The Kier molecular flexibility index (Phi) is 4.05. The van der Waals surface area contributed by atoms with E-state index in [1.807, 2.05) is 13.0 Å². The van der Waals surface area contributed by atoms with Gasteiger partial charge in [0.05, 0.1) is 10.9 Å². The van der Waals surface area contributed by atoms with Gasteiger partial charge in [0.1, 0.15) is 11.6 Å². The number of ketones is 1. The van der Waals surface area contributed by atoms with E-state index in [2.05, 4.69) is 40.1 Å². The molecule has 0 bridgehead atoms. The molecule has 2 aromatic heterocycles. The van der Waals surface area contributed by atoms with Crippen molar-refractivity contribution in [2.24, 2.45) is 0 Å². The molecule has 0 spiro atoms. The summed E-state index contributed by atoms with van der Waals surface area (Å²) < 4.78 is 1.51. The summed E-state index contributed by atoms with van der Waals surface area (Å²) in [5, 5.41) is 15.0. The van der Waals surface area contributed by atoms with Gasteiger partial charge >= 0.3 is 0 Å². The number of rotatable bonds is 3. The smallest absolute Gasteiger partial charge is 0.230 e. The predicted molar refractivity (Wildman–Crippen MR) is 96.1 cm³/mol. The van der Waals surface area contributed by atoms with Gasteiger partial charge in [-0.25, -0.2) is 4.98 Å². The number of carbonyl (C=O) groups is 1. The molecule has 1 unspecified atom stereocenters. The van der Waals surface area contributed by atoms with Crippen molar-refractivity contribution in [2.45, 2.75) is 32.7 Å². The molecule has 0 radical (unpaired) electrons. The molecule has 6 nitrogen and oxygen atoms in total. The van der Waals surface area contributed by atoms with Crippen molar-refractivity contribution in [1.82, 2.24) is 19.5 Å². The molecule has 25 heavy (non-hydrogen) atoms. The fourth-order valence-corrected chi connectivity index (χ4v) is 4.59. The fourth-order valence-electron chi connectivity index (χ4n) is 3.43. The van der Waals surface area contributed by atoms with Crippen LogP contribution in [0.2, 0.25) is 0 Å². The highest BCUT2D eigenvalue weighted by molar-refractivity contribution is 7.17. The van der Waals surface area contributed by atoms with Crippen LogP contribution in [0.3, 0.4) is 0 Å². The van der Waals surface area contributed by atoms with E-state index < -0.39 is 0 Å². The van der Waals surface area contributed by atoms with Crippen LogP contribution in [0.5, 0.6) is 5.88 Å². The molecule has 3 aromatic rings. The Morgan fingerprint density at radius 3 is 2.68 bits per heavy atom. The lowest BCUT2D eigenvalue weighted by molar-refractivity contribution is -0.121. The number of Topliss-reactive ketones (excluding diaryl/α,β-unsaturated/α-hetero) is 1. The summed E-state index contributed by atoms with van der Waals surface area (Å²) in [7, 11) is 0. The van der Waals surface area contributed by atoms with Crippen molar-refractivity contribution in [3.05, 3.63) is 46.1 Å². The number of thiazole rings is 1. The molecule has 3 heterocycles. The average Bonchev–Trinajstić information content (AvgIpc) is 3.08. The van der Waals surface area contributed by atoms with E-state index in [0.29, 0.717) is 42.5 Å². The molecule has 1 atom stereocenters. The van der Waals surface area contributed by atoms with Crippen LogP contribution in [-0.2, 0) is 4.79 Å². The first-order valence-electron chi connectivity index (χ1n) is 8.40. The lowest BCUT2D eigenvalue weighted by Gasteiger charge is -2.33. The molecule has 1 fully saturated rings. The van der Waals surface area contributed by atoms with Gasteiger partial charge < -0.3 is 5.11 Å². The second kappa shape index (κ2) is 6.24. The van der Waals surface area contributed by atoms with Crippen molar-refractivity contribution >= 4 is 22.1 Å². The minimum atomic E-state index is -0.0955. The van der Waals surface area contributed by atoms with Gasteiger partial charge in [-0.2, -0.15) is 4.52 Å². The molecule has 1 saturated heterocycles. The number of likely N-dealkylation sites (tertiary alicyclic amines) is 1. The number of carbonyl (C=O) groups excluding carboxylic acids is 1. The molecule has 1 aliphatic rings. The SMILES string of the molecule is Cc1cccc(C(c2sc3nc(C)nn3c2O)N2CCC(=O)CC2)c1. The minimum absolute atomic E-state index is 0.0955. The maximum Gasteiger partial charge on any atom is 0.230 e. The Balaban J connectivity index is 1.82. The van der Waals surface area contributed by atoms with E-state index in [4.69, 9.17) is 0 Å². The fraction of sp³-hybridized carbons (Fsp3) is 0.389. The van der Waals surface area contributed by atoms with Crippen LogP contribution in [0.1, 0.15) is 40.7 Å². The van der Waals surface area contributed by atoms with E-state index in [-0.39, 0.29) is 11.9 Å². The lowest BCUT2D eigenvalue weighted by Crippen LogP contribution is -2.37. The number of aromatic hydroxyl groups is 1. The number of hydrogen-bond acceptors (Lipinski definition) is 6. The van der Waals surface area contributed by atoms with Crippen molar-refractivity contribution in [1.29, 1.82) is 0 Å². The molecule has 1 aliphatic heterocycles. The first-order chi connectivity index (χ1) is 12.0. The minimum Gasteiger partial charge on any atom is -0.492 e. The third kappa shape index (κ3) is 2.94. The van der Waals surface area contributed by atoms with Crippen LogP contribution in [0.4, 0.5) is 0 Å². The molecule has 0 aliphatic carbocycles. The molecule has 1 N–H and O–H groups in total. The van der Waals surface area contributed by atoms with Crippen LogP contribution in [0.15, 0.2) is 24.3 Å². The standard InChI is InChI=1S/C18H20N4O2S/c1-11-4-3-5-13(10-11)15(21-8-6-14(23)7-9-21)16-17(24)22-18(25-16)19-12(2)20-22/h3-5,10,15,24H,6-9H2,1-2H3. The number of benzene rings is 1. The maximum atomic E-state index is 11.7. The third-order valence-electron chi connectivity index (χ3n) is 4.63. The van der Waals surface area contributed by atoms with E-state index >= 15 is 0 Å². The number of fused-ring (bicyclic) bond motifs is 1. The van der Waals surface area contributed by atoms with E-state index in [1.165, 1.54) is 21.4 Å². The van der Waals surface area contributed by atoms with Gasteiger partial charge in [-0.15, -0.1) is 5.10 Å². The zero-order valence-electron chi connectivity index (χ0n) is 14.3. The Bertz CT molecular complexity index is 936. The molecule has 7 heteroatoms. The second-order valence-electron chi connectivity index (χ2n) is 6.53. The van der Waals surface area contributed by atoms with Crippen LogP contribution >= 0.6 is 11.3 Å². The van der Waals surface area contributed by atoms with Crippen LogP contribution < -0.4 is 0 Å². The highest BCUT2D eigenvalue weighted by Gasteiger charge is 2.31. The van der Waals surface area contributed by atoms with Crippen molar-refractivity contribution < 1.29 is 9.90 Å². The Morgan fingerprint density at radius 1 is 1.24 bits per heavy atom. The second-order valence-corrected chi connectivity index (χ2v) is 7.54. The predicted octanol–water partition coefficient (Wildman–Crippen LogP) is 2.87. The number of aromatic nitrogens is 3. The molecular formula is C18H20N4O2S. The van der Waals surface area contributed by atoms with Crippen molar-refractivity contribution in [2.75, 3.05) is 13.1 Å². The quantitative estimate of drug-likeness (QED) is 0.781. The van der Waals surface area contributed by atoms with Gasteiger partial charge in [-0.3, -0.25) is 9.69 Å². The zero-order chi connectivity index (χ0) is 17.6.